The lowest BCUT2D eigenvalue weighted by Crippen LogP contribution is -2.14. The lowest BCUT2D eigenvalue weighted by Gasteiger charge is -2.11. The average Bonchev–Trinajstić information content (AvgIpc) is 3.06. The van der Waals surface area contributed by atoms with Crippen LogP contribution in [0.15, 0.2) is 36.4 Å². The second-order valence-corrected chi connectivity index (χ2v) is 5.52. The maximum atomic E-state index is 11.4. The van der Waals surface area contributed by atoms with E-state index < -0.39 is 5.97 Å². The van der Waals surface area contributed by atoms with Gasteiger partial charge in [-0.05, 0) is 43.7 Å². The summed E-state index contributed by atoms with van der Waals surface area (Å²) in [4.78, 5) is 19.4. The third kappa shape index (κ3) is 3.57. The number of aromatic nitrogens is 2. The van der Waals surface area contributed by atoms with Gasteiger partial charge in [0.25, 0.3) is 0 Å². The van der Waals surface area contributed by atoms with Crippen LogP contribution in [0.4, 0.5) is 0 Å². The van der Waals surface area contributed by atoms with Gasteiger partial charge in [-0.15, -0.1) is 0 Å². The molecular formula is C19H20N2O4. The largest absolute Gasteiger partial charge is 0.493 e. The lowest BCUT2D eigenvalue weighted by atomic mass is 10.2. The molecule has 2 aromatic carbocycles. The summed E-state index contributed by atoms with van der Waals surface area (Å²) in [7, 11) is 1.55. The number of imidazole rings is 1. The molecule has 0 fully saturated rings. The van der Waals surface area contributed by atoms with E-state index in [0.29, 0.717) is 18.1 Å². The number of aromatic amines is 1. The first-order valence-corrected chi connectivity index (χ1v) is 8.04. The van der Waals surface area contributed by atoms with Gasteiger partial charge in [0.2, 0.25) is 0 Å². The van der Waals surface area contributed by atoms with Gasteiger partial charge < -0.3 is 19.2 Å². The van der Waals surface area contributed by atoms with Gasteiger partial charge in [0.15, 0.2) is 18.1 Å². The van der Waals surface area contributed by atoms with E-state index in [2.05, 4.69) is 9.97 Å². The maximum Gasteiger partial charge on any atom is 0.344 e. The number of fused-ring (bicyclic) bond motifs is 1. The molecule has 0 bridgehead atoms. The number of nitrogens with zero attached hydrogens (tertiary/aromatic N) is 1. The molecular weight excluding hydrogens is 320 g/mol. The predicted molar refractivity (Wildman–Crippen MR) is 94.9 cm³/mol. The van der Waals surface area contributed by atoms with Crippen molar-refractivity contribution in [2.24, 2.45) is 0 Å². The van der Waals surface area contributed by atoms with Crippen LogP contribution in [0.5, 0.6) is 11.5 Å². The number of esters is 1. The summed E-state index contributed by atoms with van der Waals surface area (Å²) in [6.45, 7) is 3.94. The summed E-state index contributed by atoms with van der Waals surface area (Å²) >= 11 is 0. The zero-order chi connectivity index (χ0) is 17.8. The van der Waals surface area contributed by atoms with Crippen molar-refractivity contribution in [2.45, 2.75) is 13.8 Å². The Morgan fingerprint density at radius 3 is 2.76 bits per heavy atom. The number of carbonyl (C=O) groups excluding carboxylic acids is 1. The normalized spacial score (nSPS) is 10.7. The topological polar surface area (TPSA) is 73.4 Å². The fraction of sp³-hybridized carbons (Fsp3) is 0.263. The molecule has 6 nitrogen and oxygen atoms in total. The van der Waals surface area contributed by atoms with Crippen molar-refractivity contribution >= 4 is 17.0 Å². The highest BCUT2D eigenvalue weighted by Crippen LogP contribution is 2.32. The Labute approximate surface area is 145 Å². The number of hydrogen-bond acceptors (Lipinski definition) is 5. The summed E-state index contributed by atoms with van der Waals surface area (Å²) in [5, 5.41) is 0. The first-order chi connectivity index (χ1) is 12.1. The minimum Gasteiger partial charge on any atom is -0.493 e. The van der Waals surface area contributed by atoms with Crippen LogP contribution in [0, 0.1) is 6.92 Å². The van der Waals surface area contributed by atoms with Gasteiger partial charge in [0.05, 0.1) is 24.8 Å². The number of para-hydroxylation sites is 1. The van der Waals surface area contributed by atoms with Crippen molar-refractivity contribution in [2.75, 3.05) is 20.3 Å². The Balaban J connectivity index is 1.87. The van der Waals surface area contributed by atoms with E-state index in [-0.39, 0.29) is 6.61 Å². The monoisotopic (exact) mass is 340 g/mol. The lowest BCUT2D eigenvalue weighted by molar-refractivity contribution is -0.145. The van der Waals surface area contributed by atoms with Gasteiger partial charge in [-0.25, -0.2) is 9.78 Å². The Kier molecular flexibility index (Phi) is 4.88. The molecule has 130 valence electrons. The second kappa shape index (κ2) is 7.25. The van der Waals surface area contributed by atoms with Crippen LogP contribution in [0.2, 0.25) is 0 Å². The van der Waals surface area contributed by atoms with E-state index in [1.165, 1.54) is 0 Å². The van der Waals surface area contributed by atoms with Crippen molar-refractivity contribution in [3.8, 4) is 22.9 Å². The molecule has 1 heterocycles. The van der Waals surface area contributed by atoms with E-state index in [1.54, 1.807) is 20.1 Å². The maximum absolute atomic E-state index is 11.4. The molecule has 3 rings (SSSR count). The summed E-state index contributed by atoms with van der Waals surface area (Å²) < 4.78 is 15.7. The Hall–Kier alpha value is -3.02. The second-order valence-electron chi connectivity index (χ2n) is 5.52. The van der Waals surface area contributed by atoms with E-state index in [9.17, 15) is 4.79 Å². The molecule has 1 N–H and O–H groups in total. The first kappa shape index (κ1) is 16.8. The minimum absolute atomic E-state index is 0.159. The van der Waals surface area contributed by atoms with E-state index in [1.807, 2.05) is 37.3 Å². The highest BCUT2D eigenvalue weighted by atomic mass is 16.6. The fourth-order valence-electron chi connectivity index (χ4n) is 2.59. The van der Waals surface area contributed by atoms with Crippen molar-refractivity contribution in [3.63, 3.8) is 0 Å². The van der Waals surface area contributed by atoms with Gasteiger partial charge in [-0.3, -0.25) is 0 Å². The number of benzene rings is 2. The number of H-pyrrole nitrogens is 1. The molecule has 0 amide bonds. The van der Waals surface area contributed by atoms with Crippen LogP contribution in [0.25, 0.3) is 22.4 Å². The standard InChI is InChI=1S/C19H20N2O4/c1-4-24-17(22)11-25-15-9-8-13(10-16(15)23-3)19-20-14-7-5-6-12(2)18(14)21-19/h5-10H,4,11H2,1-3H3,(H,20,21). The molecule has 0 atom stereocenters. The summed E-state index contributed by atoms with van der Waals surface area (Å²) in [6.07, 6.45) is 0. The van der Waals surface area contributed by atoms with Crippen LogP contribution in [-0.4, -0.2) is 36.3 Å². The van der Waals surface area contributed by atoms with Gasteiger partial charge in [0.1, 0.15) is 5.82 Å². The highest BCUT2D eigenvalue weighted by Gasteiger charge is 2.12. The molecule has 25 heavy (non-hydrogen) atoms. The Morgan fingerprint density at radius 2 is 2.04 bits per heavy atom. The van der Waals surface area contributed by atoms with Gasteiger partial charge in [0, 0.05) is 5.56 Å². The van der Waals surface area contributed by atoms with Gasteiger partial charge >= 0.3 is 5.97 Å². The highest BCUT2D eigenvalue weighted by molar-refractivity contribution is 5.82. The van der Waals surface area contributed by atoms with Crippen molar-refractivity contribution in [1.29, 1.82) is 0 Å². The number of methoxy groups -OCH3 is 1. The zero-order valence-corrected chi connectivity index (χ0v) is 14.5. The quantitative estimate of drug-likeness (QED) is 0.695. The molecule has 3 aromatic rings. The van der Waals surface area contributed by atoms with Crippen molar-refractivity contribution in [1.82, 2.24) is 9.97 Å². The Bertz CT molecular complexity index is 902. The number of aryl methyl sites for hydroxylation is 1. The zero-order valence-electron chi connectivity index (χ0n) is 14.5. The molecule has 0 saturated carbocycles. The molecule has 0 aliphatic carbocycles. The number of rotatable bonds is 6. The molecule has 0 unspecified atom stereocenters. The minimum atomic E-state index is -0.415. The molecule has 1 aromatic heterocycles. The molecule has 0 aliphatic rings. The molecule has 6 heteroatoms. The van der Waals surface area contributed by atoms with Crippen LogP contribution in [0.3, 0.4) is 0 Å². The summed E-state index contributed by atoms with van der Waals surface area (Å²) in [5.41, 5.74) is 3.91. The Morgan fingerprint density at radius 1 is 1.20 bits per heavy atom. The van der Waals surface area contributed by atoms with E-state index in [4.69, 9.17) is 14.2 Å². The molecule has 0 spiro atoms. The summed E-state index contributed by atoms with van der Waals surface area (Å²) in [5.74, 6) is 1.34. The third-order valence-electron chi connectivity index (χ3n) is 3.80. The van der Waals surface area contributed by atoms with Crippen LogP contribution in [0.1, 0.15) is 12.5 Å². The van der Waals surface area contributed by atoms with Crippen molar-refractivity contribution in [3.05, 3.63) is 42.0 Å². The smallest absolute Gasteiger partial charge is 0.344 e. The number of ether oxygens (including phenoxy) is 3. The molecule has 0 aliphatic heterocycles. The SMILES string of the molecule is CCOC(=O)COc1ccc(-c2nc3c(C)cccc3[nH]2)cc1OC. The predicted octanol–water partition coefficient (Wildman–Crippen LogP) is 3.49. The summed E-state index contributed by atoms with van der Waals surface area (Å²) in [6, 6.07) is 11.5. The molecule has 0 saturated heterocycles. The van der Waals surface area contributed by atoms with E-state index >= 15 is 0 Å². The first-order valence-electron chi connectivity index (χ1n) is 8.04. The van der Waals surface area contributed by atoms with Gasteiger partial charge in [-0.2, -0.15) is 0 Å². The fourth-order valence-corrected chi connectivity index (χ4v) is 2.59. The van der Waals surface area contributed by atoms with Gasteiger partial charge in [-0.1, -0.05) is 12.1 Å². The number of carbonyl (C=O) groups is 1. The van der Waals surface area contributed by atoms with Crippen LogP contribution >= 0.6 is 0 Å². The van der Waals surface area contributed by atoms with Crippen molar-refractivity contribution < 1.29 is 19.0 Å². The number of hydrogen-bond donors (Lipinski definition) is 1. The van der Waals surface area contributed by atoms with E-state index in [0.717, 1.165) is 28.0 Å². The molecule has 0 radical (unpaired) electrons. The van der Waals surface area contributed by atoms with Crippen LogP contribution < -0.4 is 9.47 Å². The average molecular weight is 340 g/mol. The number of nitrogens with one attached hydrogen (secondary N) is 1. The van der Waals surface area contributed by atoms with Crippen LogP contribution in [-0.2, 0) is 9.53 Å². The third-order valence-corrected chi connectivity index (χ3v) is 3.80.